The van der Waals surface area contributed by atoms with Crippen molar-refractivity contribution in [2.24, 2.45) is 5.73 Å². The van der Waals surface area contributed by atoms with E-state index in [-0.39, 0.29) is 6.10 Å². The number of aromatic nitrogens is 1. The second-order valence-electron chi connectivity index (χ2n) is 3.56. The van der Waals surface area contributed by atoms with Crippen LogP contribution >= 0.6 is 11.6 Å². The van der Waals surface area contributed by atoms with Crippen molar-refractivity contribution in [1.29, 1.82) is 0 Å². The summed E-state index contributed by atoms with van der Waals surface area (Å²) >= 11 is 5.92. The van der Waals surface area contributed by atoms with Crippen LogP contribution in [0.4, 0.5) is 5.82 Å². The van der Waals surface area contributed by atoms with Gasteiger partial charge >= 0.3 is 0 Å². The predicted octanol–water partition coefficient (Wildman–Crippen LogP) is 1.27. The molecule has 0 aliphatic rings. The third kappa shape index (κ3) is 4.47. The van der Waals surface area contributed by atoms with E-state index in [1.807, 2.05) is 6.07 Å². The molecule has 0 spiro atoms. The van der Waals surface area contributed by atoms with Gasteiger partial charge in [-0.1, -0.05) is 11.6 Å². The topological polar surface area (TPSA) is 69.4 Å². The zero-order valence-corrected chi connectivity index (χ0v) is 10.8. The van der Waals surface area contributed by atoms with E-state index >= 15 is 0 Å². The third-order valence-corrected chi connectivity index (χ3v) is 2.69. The molecule has 0 aliphatic carbocycles. The van der Waals surface area contributed by atoms with Crippen LogP contribution in [-0.4, -0.2) is 38.5 Å². The van der Waals surface area contributed by atoms with Gasteiger partial charge in [-0.2, -0.15) is 0 Å². The molecule has 1 heterocycles. The highest BCUT2D eigenvalue weighted by atomic mass is 35.5. The summed E-state index contributed by atoms with van der Waals surface area (Å²) in [6.45, 7) is 1.53. The Hall–Kier alpha value is -0.880. The highest BCUT2D eigenvalue weighted by Crippen LogP contribution is 2.17. The zero-order chi connectivity index (χ0) is 12.7. The van der Waals surface area contributed by atoms with Crippen molar-refractivity contribution in [1.82, 2.24) is 4.98 Å². The van der Waals surface area contributed by atoms with Crippen LogP contribution in [0.15, 0.2) is 12.3 Å². The quantitative estimate of drug-likeness (QED) is 0.772. The normalized spacial score (nSPS) is 12.5. The highest BCUT2D eigenvalue weighted by molar-refractivity contribution is 6.31. The number of halogens is 1. The molecule has 0 aliphatic heterocycles. The molecule has 0 radical (unpaired) electrons. The number of pyridine rings is 1. The second kappa shape index (κ2) is 7.45. The fourth-order valence-electron chi connectivity index (χ4n) is 1.35. The molecule has 0 bridgehead atoms. The van der Waals surface area contributed by atoms with E-state index < -0.39 is 0 Å². The molecule has 6 heteroatoms. The molecular weight excluding hydrogens is 242 g/mol. The van der Waals surface area contributed by atoms with Gasteiger partial charge in [0, 0.05) is 33.5 Å². The van der Waals surface area contributed by atoms with E-state index in [2.05, 4.69) is 10.3 Å². The molecule has 17 heavy (non-hydrogen) atoms. The second-order valence-corrected chi connectivity index (χ2v) is 3.97. The zero-order valence-electron chi connectivity index (χ0n) is 10.1. The van der Waals surface area contributed by atoms with Crippen molar-refractivity contribution in [2.75, 3.05) is 32.7 Å². The van der Waals surface area contributed by atoms with E-state index in [0.29, 0.717) is 24.7 Å². The van der Waals surface area contributed by atoms with Gasteiger partial charge < -0.3 is 20.5 Å². The maximum absolute atomic E-state index is 5.92. The van der Waals surface area contributed by atoms with Crippen molar-refractivity contribution in [3.63, 3.8) is 0 Å². The van der Waals surface area contributed by atoms with Crippen LogP contribution in [0.2, 0.25) is 5.02 Å². The number of hydrogen-bond acceptors (Lipinski definition) is 5. The van der Waals surface area contributed by atoms with Gasteiger partial charge in [-0.25, -0.2) is 4.98 Å². The molecule has 0 fully saturated rings. The van der Waals surface area contributed by atoms with Gasteiger partial charge in [-0.3, -0.25) is 0 Å². The van der Waals surface area contributed by atoms with Gasteiger partial charge in [0.15, 0.2) is 0 Å². The number of methoxy groups -OCH3 is 2. The summed E-state index contributed by atoms with van der Waals surface area (Å²) in [7, 11) is 3.28. The minimum atomic E-state index is -0.0150. The first-order valence-electron chi connectivity index (χ1n) is 5.31. The SMILES string of the molecule is COCC(CNc1cc(CN)c(Cl)cn1)OC. The van der Waals surface area contributed by atoms with E-state index in [1.54, 1.807) is 20.4 Å². The fraction of sp³-hybridized carbons (Fsp3) is 0.545. The lowest BCUT2D eigenvalue weighted by Gasteiger charge is -2.15. The number of nitrogens with two attached hydrogens (primary N) is 1. The third-order valence-electron chi connectivity index (χ3n) is 2.35. The smallest absolute Gasteiger partial charge is 0.126 e. The molecule has 1 unspecified atom stereocenters. The van der Waals surface area contributed by atoms with Crippen LogP contribution in [0.25, 0.3) is 0 Å². The van der Waals surface area contributed by atoms with Crippen molar-refractivity contribution >= 4 is 17.4 Å². The molecule has 96 valence electrons. The fourth-order valence-corrected chi connectivity index (χ4v) is 1.53. The summed E-state index contributed by atoms with van der Waals surface area (Å²) in [6, 6.07) is 1.84. The number of nitrogens with zero attached hydrogens (tertiary/aromatic N) is 1. The Morgan fingerprint density at radius 1 is 1.53 bits per heavy atom. The standard InChI is InChI=1S/C11H18ClN3O2/c1-16-7-9(17-2)5-14-11-3-8(4-13)10(12)6-15-11/h3,6,9H,4-5,7,13H2,1-2H3,(H,14,15). The van der Waals surface area contributed by atoms with Gasteiger partial charge in [0.05, 0.1) is 17.7 Å². The monoisotopic (exact) mass is 259 g/mol. The summed E-state index contributed by atoms with van der Waals surface area (Å²) in [6.07, 6.45) is 1.57. The average molecular weight is 260 g/mol. The molecule has 5 nitrogen and oxygen atoms in total. The van der Waals surface area contributed by atoms with E-state index in [1.165, 1.54) is 0 Å². The van der Waals surface area contributed by atoms with Crippen LogP contribution in [0.1, 0.15) is 5.56 Å². The Labute approximate surface area is 106 Å². The Morgan fingerprint density at radius 2 is 2.29 bits per heavy atom. The number of ether oxygens (including phenoxy) is 2. The summed E-state index contributed by atoms with van der Waals surface area (Å²) in [5, 5.41) is 3.73. The Kier molecular flexibility index (Phi) is 6.21. The Balaban J connectivity index is 2.56. The van der Waals surface area contributed by atoms with Crippen molar-refractivity contribution in [2.45, 2.75) is 12.6 Å². The van der Waals surface area contributed by atoms with Gasteiger partial charge in [-0.05, 0) is 11.6 Å². The first-order chi connectivity index (χ1) is 8.21. The van der Waals surface area contributed by atoms with Crippen LogP contribution in [0, 0.1) is 0 Å². The molecular formula is C11H18ClN3O2. The van der Waals surface area contributed by atoms with Gasteiger partial charge in [0.1, 0.15) is 5.82 Å². The molecule has 1 aromatic rings. The van der Waals surface area contributed by atoms with Gasteiger partial charge in [0.25, 0.3) is 0 Å². The summed E-state index contributed by atoms with van der Waals surface area (Å²) < 4.78 is 10.2. The van der Waals surface area contributed by atoms with Crippen molar-refractivity contribution in [3.8, 4) is 0 Å². The van der Waals surface area contributed by atoms with Crippen molar-refractivity contribution < 1.29 is 9.47 Å². The van der Waals surface area contributed by atoms with E-state index in [0.717, 1.165) is 11.4 Å². The van der Waals surface area contributed by atoms with E-state index in [4.69, 9.17) is 26.8 Å². The molecule has 0 aromatic carbocycles. The Morgan fingerprint density at radius 3 is 2.88 bits per heavy atom. The molecule has 1 rings (SSSR count). The maximum atomic E-state index is 5.92. The van der Waals surface area contributed by atoms with Crippen LogP contribution in [0.3, 0.4) is 0 Å². The minimum absolute atomic E-state index is 0.0150. The minimum Gasteiger partial charge on any atom is -0.382 e. The number of nitrogens with one attached hydrogen (secondary N) is 1. The lowest BCUT2D eigenvalue weighted by molar-refractivity contribution is 0.0365. The highest BCUT2D eigenvalue weighted by Gasteiger charge is 2.07. The first kappa shape index (κ1) is 14.2. The number of rotatable bonds is 7. The van der Waals surface area contributed by atoms with Gasteiger partial charge in [0.2, 0.25) is 0 Å². The molecule has 1 aromatic heterocycles. The van der Waals surface area contributed by atoms with Gasteiger partial charge in [-0.15, -0.1) is 0 Å². The molecule has 1 atom stereocenters. The van der Waals surface area contributed by atoms with Crippen LogP contribution < -0.4 is 11.1 Å². The van der Waals surface area contributed by atoms with Crippen LogP contribution in [0.5, 0.6) is 0 Å². The maximum Gasteiger partial charge on any atom is 0.126 e. The lowest BCUT2D eigenvalue weighted by Crippen LogP contribution is -2.26. The van der Waals surface area contributed by atoms with Crippen molar-refractivity contribution in [3.05, 3.63) is 22.8 Å². The predicted molar refractivity (Wildman–Crippen MR) is 68.3 cm³/mol. The molecule has 3 N–H and O–H groups in total. The number of hydrogen-bond donors (Lipinski definition) is 2. The largest absolute Gasteiger partial charge is 0.382 e. The average Bonchev–Trinajstić information content (AvgIpc) is 2.36. The number of anilines is 1. The first-order valence-corrected chi connectivity index (χ1v) is 5.69. The molecule has 0 saturated carbocycles. The van der Waals surface area contributed by atoms with Crippen LogP contribution in [-0.2, 0) is 16.0 Å². The molecule has 0 saturated heterocycles. The molecule has 0 amide bonds. The Bertz CT molecular complexity index is 349. The lowest BCUT2D eigenvalue weighted by atomic mass is 10.2. The summed E-state index contributed by atoms with van der Waals surface area (Å²) in [5.41, 5.74) is 6.43. The summed E-state index contributed by atoms with van der Waals surface area (Å²) in [5.74, 6) is 0.730. The summed E-state index contributed by atoms with van der Waals surface area (Å²) in [4.78, 5) is 4.16. The van der Waals surface area contributed by atoms with E-state index in [9.17, 15) is 0 Å².